The smallest absolute Gasteiger partial charge is 0.154 e. The van der Waals surface area contributed by atoms with Crippen molar-refractivity contribution in [3.8, 4) is 0 Å². The van der Waals surface area contributed by atoms with Gasteiger partial charge >= 0.3 is 0 Å². The highest BCUT2D eigenvalue weighted by atomic mass is 32.2. The zero-order chi connectivity index (χ0) is 10.1. The molecule has 0 bridgehead atoms. The molecule has 1 unspecified atom stereocenters. The highest BCUT2D eigenvalue weighted by Crippen LogP contribution is 2.30. The first kappa shape index (κ1) is 10.8. The Balaban J connectivity index is 2.73. The van der Waals surface area contributed by atoms with E-state index in [2.05, 4.69) is 13.0 Å². The van der Waals surface area contributed by atoms with Crippen LogP contribution in [0.25, 0.3) is 0 Å². The maximum atomic E-state index is 11.9. The van der Waals surface area contributed by atoms with Gasteiger partial charge in [-0.25, -0.2) is 0 Å². The average molecular weight is 198 g/mol. The summed E-state index contributed by atoms with van der Waals surface area (Å²) in [4.78, 5) is 11.9. The van der Waals surface area contributed by atoms with Crippen molar-refractivity contribution in [2.75, 3.05) is 5.75 Å². The molecule has 2 heteroatoms. The van der Waals surface area contributed by atoms with Crippen molar-refractivity contribution in [3.05, 3.63) is 11.6 Å². The summed E-state index contributed by atoms with van der Waals surface area (Å²) in [6, 6.07) is 0. The Morgan fingerprint density at radius 3 is 2.62 bits per heavy atom. The van der Waals surface area contributed by atoms with Crippen LogP contribution in [0.1, 0.15) is 34.1 Å². The van der Waals surface area contributed by atoms with E-state index < -0.39 is 0 Å². The van der Waals surface area contributed by atoms with Crippen molar-refractivity contribution >= 4 is 17.5 Å². The van der Waals surface area contributed by atoms with Gasteiger partial charge in [-0.05, 0) is 19.1 Å². The summed E-state index contributed by atoms with van der Waals surface area (Å²) >= 11 is 1.78. The molecular weight excluding hydrogens is 180 g/mol. The minimum Gasteiger partial charge on any atom is -0.298 e. The summed E-state index contributed by atoms with van der Waals surface area (Å²) < 4.78 is 0. The summed E-state index contributed by atoms with van der Waals surface area (Å²) in [6.45, 7) is 8.09. The molecule has 0 N–H and O–H groups in total. The topological polar surface area (TPSA) is 17.1 Å². The molecule has 0 aromatic rings. The largest absolute Gasteiger partial charge is 0.298 e. The van der Waals surface area contributed by atoms with E-state index in [1.54, 1.807) is 11.8 Å². The lowest BCUT2D eigenvalue weighted by atomic mass is 9.88. The normalized spacial score (nSPS) is 24.0. The summed E-state index contributed by atoms with van der Waals surface area (Å²) in [5.41, 5.74) is 1.16. The van der Waals surface area contributed by atoms with Gasteiger partial charge in [0.2, 0.25) is 0 Å². The second kappa shape index (κ2) is 3.87. The SMILES string of the molecule is CC1=CC(C(=O)C(C)(C)C)SCC1. The molecular formula is C11H18OS. The molecule has 0 aromatic heterocycles. The molecule has 1 atom stereocenters. The van der Waals surface area contributed by atoms with Crippen LogP contribution in [0.5, 0.6) is 0 Å². The van der Waals surface area contributed by atoms with Gasteiger partial charge in [0.15, 0.2) is 5.78 Å². The Bertz CT molecular complexity index is 235. The Labute approximate surface area is 85.0 Å². The van der Waals surface area contributed by atoms with Crippen molar-refractivity contribution in [1.29, 1.82) is 0 Å². The molecule has 1 aliphatic rings. The maximum absolute atomic E-state index is 11.9. The number of allylic oxidation sites excluding steroid dienone is 1. The molecule has 13 heavy (non-hydrogen) atoms. The van der Waals surface area contributed by atoms with Crippen LogP contribution in [0.15, 0.2) is 11.6 Å². The van der Waals surface area contributed by atoms with Gasteiger partial charge in [0, 0.05) is 5.41 Å². The second-order valence-corrected chi connectivity index (χ2v) is 5.92. The van der Waals surface area contributed by atoms with Gasteiger partial charge in [-0.15, -0.1) is 11.8 Å². The minimum atomic E-state index is -0.203. The van der Waals surface area contributed by atoms with Crippen LogP contribution in [0, 0.1) is 5.41 Å². The first-order valence-electron chi connectivity index (χ1n) is 4.74. The fraction of sp³-hybridized carbons (Fsp3) is 0.727. The van der Waals surface area contributed by atoms with Crippen LogP contribution in [0.4, 0.5) is 0 Å². The van der Waals surface area contributed by atoms with E-state index in [9.17, 15) is 4.79 Å². The molecule has 0 aliphatic carbocycles. The molecule has 0 fully saturated rings. The number of carbonyl (C=O) groups excluding carboxylic acids is 1. The van der Waals surface area contributed by atoms with Crippen LogP contribution >= 0.6 is 11.8 Å². The number of hydrogen-bond donors (Lipinski definition) is 0. The molecule has 1 nitrogen and oxygen atoms in total. The molecule has 1 rings (SSSR count). The number of rotatable bonds is 1. The summed E-state index contributed by atoms with van der Waals surface area (Å²) in [7, 11) is 0. The molecule has 0 amide bonds. The number of ketones is 1. The highest BCUT2D eigenvalue weighted by Gasteiger charge is 2.29. The van der Waals surface area contributed by atoms with Crippen molar-refractivity contribution < 1.29 is 4.79 Å². The summed E-state index contributed by atoms with van der Waals surface area (Å²) in [5, 5.41) is 0.105. The highest BCUT2D eigenvalue weighted by molar-refractivity contribution is 8.00. The standard InChI is InChI=1S/C11H18OS/c1-8-5-6-13-9(7-8)10(12)11(2,3)4/h7,9H,5-6H2,1-4H3. The van der Waals surface area contributed by atoms with Gasteiger partial charge in [0.05, 0.1) is 5.25 Å². The van der Waals surface area contributed by atoms with Gasteiger partial charge in [-0.3, -0.25) is 4.79 Å². The molecule has 0 aromatic carbocycles. The van der Waals surface area contributed by atoms with Crippen molar-refractivity contribution in [2.24, 2.45) is 5.41 Å². The Hall–Kier alpha value is -0.240. The zero-order valence-electron chi connectivity index (χ0n) is 8.89. The molecule has 1 heterocycles. The summed E-state index contributed by atoms with van der Waals surface area (Å²) in [5.74, 6) is 1.45. The van der Waals surface area contributed by atoms with E-state index in [4.69, 9.17) is 0 Å². The van der Waals surface area contributed by atoms with Gasteiger partial charge in [-0.2, -0.15) is 0 Å². The monoisotopic (exact) mass is 198 g/mol. The third-order valence-electron chi connectivity index (χ3n) is 2.23. The van der Waals surface area contributed by atoms with Crippen molar-refractivity contribution in [3.63, 3.8) is 0 Å². The van der Waals surface area contributed by atoms with Crippen LogP contribution in [-0.2, 0) is 4.79 Å². The number of hydrogen-bond acceptors (Lipinski definition) is 2. The van der Waals surface area contributed by atoms with E-state index in [0.29, 0.717) is 5.78 Å². The lowest BCUT2D eigenvalue weighted by Crippen LogP contribution is -2.30. The van der Waals surface area contributed by atoms with Gasteiger partial charge in [0.25, 0.3) is 0 Å². The molecule has 74 valence electrons. The van der Waals surface area contributed by atoms with E-state index in [0.717, 1.165) is 12.2 Å². The van der Waals surface area contributed by atoms with Gasteiger partial charge in [0.1, 0.15) is 0 Å². The van der Waals surface area contributed by atoms with E-state index >= 15 is 0 Å². The fourth-order valence-electron chi connectivity index (χ4n) is 1.31. The third kappa shape index (κ3) is 2.87. The molecule has 0 saturated heterocycles. The minimum absolute atomic E-state index is 0.105. The van der Waals surface area contributed by atoms with E-state index in [-0.39, 0.29) is 10.7 Å². The number of carbonyl (C=O) groups is 1. The Kier molecular flexibility index (Phi) is 3.23. The zero-order valence-corrected chi connectivity index (χ0v) is 9.70. The molecule has 0 radical (unpaired) electrons. The fourth-order valence-corrected chi connectivity index (χ4v) is 2.84. The molecule has 0 spiro atoms. The van der Waals surface area contributed by atoms with Crippen molar-refractivity contribution in [2.45, 2.75) is 39.4 Å². The predicted octanol–water partition coefficient (Wildman–Crippen LogP) is 3.05. The maximum Gasteiger partial charge on any atom is 0.154 e. The number of thioether (sulfide) groups is 1. The first-order valence-corrected chi connectivity index (χ1v) is 5.79. The van der Waals surface area contributed by atoms with E-state index in [1.165, 1.54) is 5.57 Å². The first-order chi connectivity index (χ1) is 5.91. The quantitative estimate of drug-likeness (QED) is 0.602. The van der Waals surface area contributed by atoms with Crippen LogP contribution in [0.2, 0.25) is 0 Å². The Morgan fingerprint density at radius 1 is 1.54 bits per heavy atom. The van der Waals surface area contributed by atoms with E-state index in [1.807, 2.05) is 20.8 Å². The van der Waals surface area contributed by atoms with Crippen LogP contribution in [0.3, 0.4) is 0 Å². The molecule has 0 saturated carbocycles. The molecule has 1 aliphatic heterocycles. The van der Waals surface area contributed by atoms with Gasteiger partial charge in [-0.1, -0.05) is 32.4 Å². The van der Waals surface area contributed by atoms with Gasteiger partial charge < -0.3 is 0 Å². The average Bonchev–Trinajstić information content (AvgIpc) is 2.01. The van der Waals surface area contributed by atoms with Crippen molar-refractivity contribution in [1.82, 2.24) is 0 Å². The van der Waals surface area contributed by atoms with Crippen LogP contribution in [-0.4, -0.2) is 16.8 Å². The predicted molar refractivity (Wildman–Crippen MR) is 59.1 cm³/mol. The lowest BCUT2D eigenvalue weighted by Gasteiger charge is -2.25. The summed E-state index contributed by atoms with van der Waals surface area (Å²) in [6.07, 6.45) is 3.26. The Morgan fingerprint density at radius 2 is 2.15 bits per heavy atom. The second-order valence-electron chi connectivity index (χ2n) is 4.67. The third-order valence-corrected chi connectivity index (χ3v) is 3.38. The van der Waals surface area contributed by atoms with Crippen LogP contribution < -0.4 is 0 Å². The lowest BCUT2D eigenvalue weighted by molar-refractivity contribution is -0.124. The number of Topliss-reactive ketones (excluding diaryl/α,β-unsaturated/α-hetero) is 1.